The molecule has 1 saturated carbocycles. The summed E-state index contributed by atoms with van der Waals surface area (Å²) in [6.45, 7) is 3.90. The number of hydrogen-bond acceptors (Lipinski definition) is 2. The number of rotatable bonds is 5. The first kappa shape index (κ1) is 12.0. The maximum atomic E-state index is 11.5. The smallest absolute Gasteiger partial charge is 0.326 e. The maximum absolute atomic E-state index is 11.5. The van der Waals surface area contributed by atoms with Crippen molar-refractivity contribution in [3.63, 3.8) is 0 Å². The molecule has 0 radical (unpaired) electrons. The van der Waals surface area contributed by atoms with Crippen molar-refractivity contribution in [1.82, 2.24) is 5.32 Å². The van der Waals surface area contributed by atoms with Crippen molar-refractivity contribution >= 4 is 11.9 Å². The van der Waals surface area contributed by atoms with Gasteiger partial charge in [0.15, 0.2) is 0 Å². The minimum atomic E-state index is -0.934. The summed E-state index contributed by atoms with van der Waals surface area (Å²) in [5.74, 6) is -0.697. The average molecular weight is 213 g/mol. The molecule has 1 amide bonds. The van der Waals surface area contributed by atoms with Crippen molar-refractivity contribution in [3.8, 4) is 0 Å². The zero-order valence-electron chi connectivity index (χ0n) is 9.32. The number of carbonyl (C=O) groups excluding carboxylic acids is 1. The molecule has 1 atom stereocenters. The van der Waals surface area contributed by atoms with Gasteiger partial charge in [-0.2, -0.15) is 0 Å². The number of carboxylic acid groups (broad SMARTS) is 1. The van der Waals surface area contributed by atoms with Crippen LogP contribution in [0.15, 0.2) is 0 Å². The van der Waals surface area contributed by atoms with Gasteiger partial charge in [-0.15, -0.1) is 0 Å². The fraction of sp³-hybridized carbons (Fsp3) is 0.818. The summed E-state index contributed by atoms with van der Waals surface area (Å²) in [6, 6.07) is -0.724. The van der Waals surface area contributed by atoms with E-state index in [2.05, 4.69) is 5.32 Å². The van der Waals surface area contributed by atoms with Gasteiger partial charge in [0.2, 0.25) is 5.91 Å². The van der Waals surface area contributed by atoms with E-state index in [1.54, 1.807) is 0 Å². The molecule has 0 aromatic carbocycles. The third-order valence-electron chi connectivity index (χ3n) is 2.80. The van der Waals surface area contributed by atoms with Gasteiger partial charge in [-0.1, -0.05) is 20.3 Å². The lowest BCUT2D eigenvalue weighted by Crippen LogP contribution is -2.45. The van der Waals surface area contributed by atoms with Crippen LogP contribution in [0, 0.1) is 11.8 Å². The van der Waals surface area contributed by atoms with Crippen molar-refractivity contribution < 1.29 is 14.7 Å². The van der Waals surface area contributed by atoms with Gasteiger partial charge in [0.1, 0.15) is 6.04 Å². The SMILES string of the molecule is CC(C)C[C@@H](NC(=O)C1CCC1)C(=O)O. The molecule has 1 aliphatic rings. The van der Waals surface area contributed by atoms with E-state index < -0.39 is 12.0 Å². The third kappa shape index (κ3) is 3.53. The fourth-order valence-electron chi connectivity index (χ4n) is 1.65. The number of hydrogen-bond donors (Lipinski definition) is 2. The van der Waals surface area contributed by atoms with Gasteiger partial charge in [-0.25, -0.2) is 4.79 Å². The molecule has 15 heavy (non-hydrogen) atoms. The van der Waals surface area contributed by atoms with E-state index in [-0.39, 0.29) is 17.7 Å². The number of aliphatic carboxylic acids is 1. The first-order valence-corrected chi connectivity index (χ1v) is 5.54. The Morgan fingerprint density at radius 3 is 2.33 bits per heavy atom. The Morgan fingerprint density at radius 2 is 2.00 bits per heavy atom. The maximum Gasteiger partial charge on any atom is 0.326 e. The number of carboxylic acids is 1. The van der Waals surface area contributed by atoms with Crippen LogP contribution >= 0.6 is 0 Å². The summed E-state index contributed by atoms with van der Waals surface area (Å²) in [5.41, 5.74) is 0. The van der Waals surface area contributed by atoms with E-state index >= 15 is 0 Å². The van der Waals surface area contributed by atoms with Gasteiger partial charge in [0, 0.05) is 5.92 Å². The molecule has 0 saturated heterocycles. The monoisotopic (exact) mass is 213 g/mol. The van der Waals surface area contributed by atoms with Crippen LogP contribution in [0.3, 0.4) is 0 Å². The molecular formula is C11H19NO3. The van der Waals surface area contributed by atoms with Crippen LogP contribution in [0.2, 0.25) is 0 Å². The molecule has 0 aromatic heterocycles. The zero-order valence-corrected chi connectivity index (χ0v) is 9.32. The summed E-state index contributed by atoms with van der Waals surface area (Å²) in [4.78, 5) is 22.4. The van der Waals surface area contributed by atoms with Gasteiger partial charge in [0.25, 0.3) is 0 Å². The van der Waals surface area contributed by atoms with Gasteiger partial charge in [0.05, 0.1) is 0 Å². The molecular weight excluding hydrogens is 194 g/mol. The Labute approximate surface area is 90.0 Å². The van der Waals surface area contributed by atoms with Crippen molar-refractivity contribution in [2.24, 2.45) is 11.8 Å². The van der Waals surface area contributed by atoms with E-state index in [1.807, 2.05) is 13.8 Å². The first-order valence-electron chi connectivity index (χ1n) is 5.54. The minimum absolute atomic E-state index is 0.0546. The van der Waals surface area contributed by atoms with Gasteiger partial charge >= 0.3 is 5.97 Å². The standard InChI is InChI=1S/C11H19NO3/c1-7(2)6-9(11(14)15)12-10(13)8-4-3-5-8/h7-9H,3-6H2,1-2H3,(H,12,13)(H,14,15)/t9-/m1/s1. The molecule has 4 heteroatoms. The molecule has 0 bridgehead atoms. The number of nitrogens with one attached hydrogen (secondary N) is 1. The van der Waals surface area contributed by atoms with E-state index in [0.717, 1.165) is 19.3 Å². The number of carbonyl (C=O) groups is 2. The molecule has 0 aromatic rings. The predicted octanol–water partition coefficient (Wildman–Crippen LogP) is 1.40. The van der Waals surface area contributed by atoms with Crippen LogP contribution in [-0.4, -0.2) is 23.0 Å². The lowest BCUT2D eigenvalue weighted by atomic mass is 9.84. The summed E-state index contributed by atoms with van der Waals surface area (Å²) in [5, 5.41) is 11.5. The largest absolute Gasteiger partial charge is 0.480 e. The molecule has 1 rings (SSSR count). The second kappa shape index (κ2) is 5.14. The lowest BCUT2D eigenvalue weighted by Gasteiger charge is -2.26. The quantitative estimate of drug-likeness (QED) is 0.725. The van der Waals surface area contributed by atoms with Crippen molar-refractivity contribution in [1.29, 1.82) is 0 Å². The molecule has 86 valence electrons. The molecule has 4 nitrogen and oxygen atoms in total. The molecule has 1 fully saturated rings. The molecule has 0 heterocycles. The lowest BCUT2D eigenvalue weighted by molar-refractivity contribution is -0.143. The highest BCUT2D eigenvalue weighted by atomic mass is 16.4. The highest BCUT2D eigenvalue weighted by Gasteiger charge is 2.29. The third-order valence-corrected chi connectivity index (χ3v) is 2.80. The Hall–Kier alpha value is -1.06. The van der Waals surface area contributed by atoms with Crippen LogP contribution < -0.4 is 5.32 Å². The topological polar surface area (TPSA) is 66.4 Å². The Bertz CT molecular complexity index is 246. The van der Waals surface area contributed by atoms with Gasteiger partial charge in [-0.3, -0.25) is 4.79 Å². The Balaban J connectivity index is 2.42. The van der Waals surface area contributed by atoms with Crippen LogP contribution in [-0.2, 0) is 9.59 Å². The van der Waals surface area contributed by atoms with E-state index in [4.69, 9.17) is 5.11 Å². The highest BCUT2D eigenvalue weighted by Crippen LogP contribution is 2.26. The van der Waals surface area contributed by atoms with Crippen molar-refractivity contribution in [2.45, 2.75) is 45.6 Å². The number of amides is 1. The molecule has 0 spiro atoms. The van der Waals surface area contributed by atoms with Crippen LogP contribution in [0.4, 0.5) is 0 Å². The zero-order chi connectivity index (χ0) is 11.4. The van der Waals surface area contributed by atoms with Crippen LogP contribution in [0.5, 0.6) is 0 Å². The second-order valence-corrected chi connectivity index (χ2v) is 4.66. The molecule has 0 unspecified atom stereocenters. The first-order chi connectivity index (χ1) is 7.00. The Morgan fingerprint density at radius 1 is 1.40 bits per heavy atom. The van der Waals surface area contributed by atoms with E-state index in [9.17, 15) is 9.59 Å². The van der Waals surface area contributed by atoms with Crippen LogP contribution in [0.1, 0.15) is 39.5 Å². The molecule has 2 N–H and O–H groups in total. The van der Waals surface area contributed by atoms with Gasteiger partial charge < -0.3 is 10.4 Å². The molecule has 0 aliphatic heterocycles. The average Bonchev–Trinajstić information content (AvgIpc) is 1.98. The van der Waals surface area contributed by atoms with Gasteiger partial charge in [-0.05, 0) is 25.2 Å². The summed E-state index contributed by atoms with van der Waals surface area (Å²) < 4.78 is 0. The highest BCUT2D eigenvalue weighted by molar-refractivity contribution is 5.85. The fourth-order valence-corrected chi connectivity index (χ4v) is 1.65. The summed E-state index contributed by atoms with van der Waals surface area (Å²) in [6.07, 6.45) is 3.38. The van der Waals surface area contributed by atoms with E-state index in [1.165, 1.54) is 0 Å². The summed E-state index contributed by atoms with van der Waals surface area (Å²) >= 11 is 0. The second-order valence-electron chi connectivity index (χ2n) is 4.66. The predicted molar refractivity (Wildman–Crippen MR) is 56.4 cm³/mol. The molecule has 1 aliphatic carbocycles. The summed E-state index contributed by atoms with van der Waals surface area (Å²) in [7, 11) is 0. The minimum Gasteiger partial charge on any atom is -0.480 e. The van der Waals surface area contributed by atoms with Crippen molar-refractivity contribution in [2.75, 3.05) is 0 Å². The van der Waals surface area contributed by atoms with E-state index in [0.29, 0.717) is 6.42 Å². The van der Waals surface area contributed by atoms with Crippen molar-refractivity contribution in [3.05, 3.63) is 0 Å². The Kier molecular flexibility index (Phi) is 4.12. The van der Waals surface area contributed by atoms with Crippen LogP contribution in [0.25, 0.3) is 0 Å². The normalized spacial score (nSPS) is 18.3.